The van der Waals surface area contributed by atoms with Gasteiger partial charge in [-0.1, -0.05) is 6.07 Å². The maximum Gasteiger partial charge on any atom is 0.320 e. The van der Waals surface area contributed by atoms with Crippen molar-refractivity contribution in [3.63, 3.8) is 0 Å². The van der Waals surface area contributed by atoms with Gasteiger partial charge in [0.25, 0.3) is 5.91 Å². The molecule has 1 aromatic heterocycles. The van der Waals surface area contributed by atoms with Gasteiger partial charge in [0.05, 0.1) is 12.0 Å². The number of carbonyl (C=O) groups excluding carboxylic acids is 2. The first-order valence-electron chi connectivity index (χ1n) is 8.15. The van der Waals surface area contributed by atoms with Crippen molar-refractivity contribution in [2.24, 2.45) is 0 Å². The van der Waals surface area contributed by atoms with Crippen LogP contribution in [0.15, 0.2) is 29.2 Å². The van der Waals surface area contributed by atoms with Crippen molar-refractivity contribution >= 4 is 40.0 Å². The number of aromatic amines is 1. The quantitative estimate of drug-likeness (QED) is 0.480. The number of H-pyrrole nitrogens is 1. The molecule has 152 valence electrons. The van der Waals surface area contributed by atoms with Crippen molar-refractivity contribution in [2.45, 2.75) is 17.9 Å². The molecule has 0 bridgehead atoms. The van der Waals surface area contributed by atoms with E-state index in [-0.39, 0.29) is 23.0 Å². The lowest BCUT2D eigenvalue weighted by molar-refractivity contribution is -0.139. The predicted octanol–water partition coefficient (Wildman–Crippen LogP) is 0.181. The maximum absolute atomic E-state index is 12.5. The molecule has 1 amide bonds. The first kappa shape index (κ1) is 21.8. The van der Waals surface area contributed by atoms with E-state index in [2.05, 4.69) is 30.3 Å². The van der Waals surface area contributed by atoms with Crippen LogP contribution in [-0.2, 0) is 32.5 Å². The second-order valence-corrected chi connectivity index (χ2v) is 7.61. The van der Waals surface area contributed by atoms with Gasteiger partial charge >= 0.3 is 5.97 Å². The van der Waals surface area contributed by atoms with Crippen LogP contribution in [0, 0.1) is 0 Å². The normalized spacial score (nSPS) is 13.2. The number of nitrogens with zero attached hydrogens (tertiary/aromatic N) is 1. The van der Waals surface area contributed by atoms with Gasteiger partial charge in [0, 0.05) is 36.5 Å². The van der Waals surface area contributed by atoms with Crippen LogP contribution < -0.4 is 15.4 Å². The summed E-state index contributed by atoms with van der Waals surface area (Å²) in [6.45, 7) is 0.872. The highest BCUT2D eigenvalue weighted by Crippen LogP contribution is 2.19. The fourth-order valence-electron chi connectivity index (χ4n) is 2.65. The number of amides is 1. The minimum absolute atomic E-state index is 0. The van der Waals surface area contributed by atoms with Crippen LogP contribution in [-0.4, -0.2) is 50.7 Å². The molecule has 0 saturated heterocycles. The molecule has 1 aliphatic rings. The molecular weight excluding hydrogens is 410 g/mol. The molecule has 0 unspecified atom stereocenters. The molecule has 0 spiro atoms. The number of anilines is 1. The molecule has 0 radical (unpaired) electrons. The zero-order valence-corrected chi connectivity index (χ0v) is 16.6. The number of hydrogen-bond donors (Lipinski definition) is 4. The highest BCUT2D eigenvalue weighted by Gasteiger charge is 2.22. The van der Waals surface area contributed by atoms with E-state index in [1.165, 1.54) is 18.2 Å². The zero-order valence-electron chi connectivity index (χ0n) is 14.9. The Bertz CT molecular complexity index is 976. The molecule has 28 heavy (non-hydrogen) atoms. The molecule has 1 aromatic carbocycles. The van der Waals surface area contributed by atoms with E-state index in [9.17, 15) is 18.0 Å². The molecule has 0 fully saturated rings. The average Bonchev–Trinajstić information content (AvgIpc) is 3.10. The van der Waals surface area contributed by atoms with Crippen molar-refractivity contribution in [1.82, 2.24) is 20.2 Å². The van der Waals surface area contributed by atoms with Gasteiger partial charge in [-0.05, 0) is 18.2 Å². The van der Waals surface area contributed by atoms with Crippen LogP contribution in [0.5, 0.6) is 0 Å². The van der Waals surface area contributed by atoms with Crippen molar-refractivity contribution in [2.75, 3.05) is 25.5 Å². The third-order valence-corrected chi connectivity index (χ3v) is 5.46. The number of aromatic nitrogens is 2. The Balaban J connectivity index is 0.00000280. The van der Waals surface area contributed by atoms with Crippen LogP contribution in [0.25, 0.3) is 0 Å². The molecule has 0 aliphatic carbocycles. The summed E-state index contributed by atoms with van der Waals surface area (Å²) in [5.41, 5.74) is 2.29. The van der Waals surface area contributed by atoms with E-state index in [1.807, 2.05) is 0 Å². The number of esters is 1. The molecule has 2 aromatic rings. The smallest absolute Gasteiger partial charge is 0.320 e. The van der Waals surface area contributed by atoms with Gasteiger partial charge in [-0.2, -0.15) is 9.82 Å². The van der Waals surface area contributed by atoms with Crippen molar-refractivity contribution in [3.8, 4) is 0 Å². The summed E-state index contributed by atoms with van der Waals surface area (Å²) in [7, 11) is -2.76. The maximum atomic E-state index is 12.5. The lowest BCUT2D eigenvalue weighted by Gasteiger charge is -2.13. The summed E-state index contributed by atoms with van der Waals surface area (Å²) >= 11 is 0. The third-order valence-electron chi connectivity index (χ3n) is 4.06. The number of hydrogen-bond acceptors (Lipinski definition) is 7. The second kappa shape index (κ2) is 9.15. The van der Waals surface area contributed by atoms with Gasteiger partial charge in [0.15, 0.2) is 5.69 Å². The Labute approximate surface area is 167 Å². The van der Waals surface area contributed by atoms with Crippen molar-refractivity contribution < 1.29 is 22.7 Å². The van der Waals surface area contributed by atoms with Gasteiger partial charge < -0.3 is 15.4 Å². The summed E-state index contributed by atoms with van der Waals surface area (Å²) < 4.78 is 31.0. The predicted molar refractivity (Wildman–Crippen MR) is 103 cm³/mol. The fraction of sp³-hybridized carbons (Fsp3) is 0.312. The minimum Gasteiger partial charge on any atom is -0.468 e. The van der Waals surface area contributed by atoms with Crippen LogP contribution in [0.4, 0.5) is 5.69 Å². The SMILES string of the molecule is COC(=O)CNS(=O)(=O)c1cccc(NC(=O)c2n[nH]c3c2CNCC3)c1.Cl. The number of methoxy groups -OCH3 is 1. The van der Waals surface area contributed by atoms with Gasteiger partial charge in [-0.3, -0.25) is 14.7 Å². The molecule has 10 nitrogen and oxygen atoms in total. The number of carbonyl (C=O) groups is 2. The van der Waals surface area contributed by atoms with Crippen LogP contribution in [0.2, 0.25) is 0 Å². The molecule has 2 heterocycles. The van der Waals surface area contributed by atoms with E-state index in [4.69, 9.17) is 0 Å². The van der Waals surface area contributed by atoms with Gasteiger partial charge in [0.1, 0.15) is 6.54 Å². The standard InChI is InChI=1S/C16H19N5O5S.ClH/c1-26-14(22)9-18-27(24,25)11-4-2-3-10(7-11)19-16(23)15-12-8-17-6-5-13(12)20-21-15;/h2-4,7,17-18H,5-6,8-9H2,1H3,(H,19,23)(H,20,21);1H. The molecule has 1 aliphatic heterocycles. The number of halogens is 1. The van der Waals surface area contributed by atoms with Crippen LogP contribution in [0.3, 0.4) is 0 Å². The van der Waals surface area contributed by atoms with E-state index in [1.54, 1.807) is 6.07 Å². The molecule has 12 heteroatoms. The Hall–Kier alpha value is -2.47. The lowest BCUT2D eigenvalue weighted by Crippen LogP contribution is -2.30. The molecule has 4 N–H and O–H groups in total. The number of nitrogens with one attached hydrogen (secondary N) is 4. The summed E-state index contributed by atoms with van der Waals surface area (Å²) in [6, 6.07) is 5.71. The van der Waals surface area contributed by atoms with Gasteiger partial charge in [0.2, 0.25) is 10.0 Å². The zero-order chi connectivity index (χ0) is 19.4. The first-order chi connectivity index (χ1) is 12.9. The molecule has 3 rings (SSSR count). The molecule has 0 saturated carbocycles. The number of ether oxygens (including phenoxy) is 1. The third kappa shape index (κ3) is 4.87. The average molecular weight is 430 g/mol. The van der Waals surface area contributed by atoms with Crippen molar-refractivity contribution in [1.29, 1.82) is 0 Å². The van der Waals surface area contributed by atoms with E-state index < -0.39 is 28.4 Å². The highest BCUT2D eigenvalue weighted by molar-refractivity contribution is 7.89. The Kier molecular flexibility index (Phi) is 7.13. The van der Waals surface area contributed by atoms with E-state index in [0.717, 1.165) is 31.3 Å². The summed E-state index contributed by atoms with van der Waals surface area (Å²) in [6.07, 6.45) is 0.759. The number of sulfonamides is 1. The Morgan fingerprint density at radius 2 is 2.11 bits per heavy atom. The second-order valence-electron chi connectivity index (χ2n) is 5.84. The van der Waals surface area contributed by atoms with E-state index in [0.29, 0.717) is 12.2 Å². The fourth-order valence-corrected chi connectivity index (χ4v) is 3.67. The summed E-state index contributed by atoms with van der Waals surface area (Å²) in [5.74, 6) is -1.15. The Morgan fingerprint density at radius 1 is 1.32 bits per heavy atom. The highest BCUT2D eigenvalue weighted by atomic mass is 35.5. The number of fused-ring (bicyclic) bond motifs is 1. The Morgan fingerprint density at radius 3 is 2.86 bits per heavy atom. The summed E-state index contributed by atoms with van der Waals surface area (Å²) in [4.78, 5) is 23.6. The van der Waals surface area contributed by atoms with Crippen LogP contribution >= 0.6 is 12.4 Å². The largest absolute Gasteiger partial charge is 0.468 e. The van der Waals surface area contributed by atoms with Crippen molar-refractivity contribution in [3.05, 3.63) is 41.2 Å². The molecule has 0 atom stereocenters. The number of rotatable bonds is 6. The minimum atomic E-state index is -3.93. The van der Waals surface area contributed by atoms with Crippen LogP contribution in [0.1, 0.15) is 21.7 Å². The van der Waals surface area contributed by atoms with Gasteiger partial charge in [-0.25, -0.2) is 8.42 Å². The molecular formula is C16H20ClN5O5S. The monoisotopic (exact) mass is 429 g/mol. The lowest BCUT2D eigenvalue weighted by atomic mass is 10.1. The van der Waals surface area contributed by atoms with Gasteiger partial charge in [-0.15, -0.1) is 12.4 Å². The van der Waals surface area contributed by atoms with E-state index >= 15 is 0 Å². The number of benzene rings is 1. The summed E-state index contributed by atoms with van der Waals surface area (Å²) in [5, 5.41) is 12.8. The first-order valence-corrected chi connectivity index (χ1v) is 9.64. The topological polar surface area (TPSA) is 142 Å².